The van der Waals surface area contributed by atoms with Crippen LogP contribution in [-0.2, 0) is 0 Å². The summed E-state index contributed by atoms with van der Waals surface area (Å²) >= 11 is 6.04. The fourth-order valence-electron chi connectivity index (χ4n) is 1.55. The molecular formula is C15H14ClNO2. The van der Waals surface area contributed by atoms with E-state index in [0.29, 0.717) is 16.5 Å². The lowest BCUT2D eigenvalue weighted by Gasteiger charge is -2.17. The van der Waals surface area contributed by atoms with Gasteiger partial charge in [-0.05, 0) is 36.8 Å². The third-order valence-corrected chi connectivity index (χ3v) is 3.17. The lowest BCUT2D eigenvalue weighted by molar-refractivity contribution is 0.209. The number of nitrogens with zero attached hydrogens (tertiary/aromatic N) is 1. The minimum absolute atomic E-state index is 0.453. The number of para-hydroxylation sites is 1. The van der Waals surface area contributed by atoms with Gasteiger partial charge in [0.25, 0.3) is 0 Å². The van der Waals surface area contributed by atoms with Gasteiger partial charge < -0.3 is 4.74 Å². The van der Waals surface area contributed by atoms with Crippen LogP contribution in [-0.4, -0.2) is 13.1 Å². The van der Waals surface area contributed by atoms with Crippen molar-refractivity contribution >= 4 is 23.4 Å². The van der Waals surface area contributed by atoms with Crippen molar-refractivity contribution in [1.82, 2.24) is 0 Å². The molecule has 0 N–H and O–H groups in total. The van der Waals surface area contributed by atoms with Crippen LogP contribution >= 0.6 is 11.6 Å². The molecule has 0 spiro atoms. The Kier molecular flexibility index (Phi) is 4.07. The summed E-state index contributed by atoms with van der Waals surface area (Å²) in [6.07, 6.45) is -0.453. The molecule has 0 saturated heterocycles. The number of anilines is 1. The standard InChI is InChI=1S/C15H14ClNO2/c1-11-8-9-12(10-14(11)16)17(2)15(18)19-13-6-4-3-5-7-13/h3-10H,1-2H3. The summed E-state index contributed by atoms with van der Waals surface area (Å²) in [4.78, 5) is 13.4. The number of amides is 1. The molecule has 4 heteroatoms. The maximum atomic E-state index is 12.0. The summed E-state index contributed by atoms with van der Waals surface area (Å²) in [5, 5.41) is 0.622. The largest absolute Gasteiger partial charge is 0.419 e. The van der Waals surface area contributed by atoms with Crippen LogP contribution in [0.15, 0.2) is 48.5 Å². The summed E-state index contributed by atoms with van der Waals surface area (Å²) < 4.78 is 5.24. The molecule has 0 aliphatic rings. The Balaban J connectivity index is 2.12. The van der Waals surface area contributed by atoms with Gasteiger partial charge in [0.15, 0.2) is 0 Å². The molecule has 2 aromatic carbocycles. The minimum Gasteiger partial charge on any atom is -0.410 e. The minimum atomic E-state index is -0.453. The highest BCUT2D eigenvalue weighted by atomic mass is 35.5. The first-order valence-electron chi connectivity index (χ1n) is 5.84. The predicted molar refractivity (Wildman–Crippen MR) is 77.1 cm³/mol. The number of carbonyl (C=O) groups is 1. The van der Waals surface area contributed by atoms with E-state index in [1.54, 1.807) is 25.2 Å². The number of hydrogen-bond acceptors (Lipinski definition) is 2. The van der Waals surface area contributed by atoms with E-state index in [0.717, 1.165) is 5.56 Å². The van der Waals surface area contributed by atoms with Gasteiger partial charge in [-0.3, -0.25) is 4.90 Å². The molecule has 2 aromatic rings. The van der Waals surface area contributed by atoms with E-state index < -0.39 is 6.09 Å². The zero-order valence-electron chi connectivity index (χ0n) is 10.8. The van der Waals surface area contributed by atoms with Gasteiger partial charge in [-0.25, -0.2) is 4.79 Å². The lowest BCUT2D eigenvalue weighted by Crippen LogP contribution is -2.29. The second-order valence-corrected chi connectivity index (χ2v) is 4.58. The molecule has 0 heterocycles. The SMILES string of the molecule is Cc1ccc(N(C)C(=O)Oc2ccccc2)cc1Cl. The van der Waals surface area contributed by atoms with Gasteiger partial charge in [0.2, 0.25) is 0 Å². The van der Waals surface area contributed by atoms with Gasteiger partial charge in [0, 0.05) is 17.8 Å². The molecule has 0 aliphatic heterocycles. The lowest BCUT2D eigenvalue weighted by atomic mass is 10.2. The molecule has 0 atom stereocenters. The number of ether oxygens (including phenoxy) is 1. The van der Waals surface area contributed by atoms with Crippen LogP contribution in [0, 0.1) is 6.92 Å². The van der Waals surface area contributed by atoms with Crippen LogP contribution in [0.4, 0.5) is 10.5 Å². The monoisotopic (exact) mass is 275 g/mol. The number of rotatable bonds is 2. The Hall–Kier alpha value is -2.00. The molecule has 3 nitrogen and oxygen atoms in total. The molecule has 0 fully saturated rings. The van der Waals surface area contributed by atoms with Crippen LogP contribution < -0.4 is 9.64 Å². The van der Waals surface area contributed by atoms with Gasteiger partial charge in [0.05, 0.1) is 0 Å². The predicted octanol–water partition coefficient (Wildman–Crippen LogP) is 4.28. The van der Waals surface area contributed by atoms with Gasteiger partial charge in [-0.2, -0.15) is 0 Å². The Morgan fingerprint density at radius 3 is 2.47 bits per heavy atom. The molecule has 0 unspecified atom stereocenters. The molecular weight excluding hydrogens is 262 g/mol. The van der Waals surface area contributed by atoms with Crippen LogP contribution in [0.3, 0.4) is 0 Å². The van der Waals surface area contributed by atoms with E-state index >= 15 is 0 Å². The summed E-state index contributed by atoms with van der Waals surface area (Å²) in [7, 11) is 1.65. The topological polar surface area (TPSA) is 29.5 Å². The van der Waals surface area contributed by atoms with E-state index in [1.165, 1.54) is 4.90 Å². The zero-order valence-corrected chi connectivity index (χ0v) is 11.5. The Morgan fingerprint density at radius 1 is 1.16 bits per heavy atom. The Bertz CT molecular complexity index is 584. The van der Waals surface area contributed by atoms with Crippen LogP contribution in [0.1, 0.15) is 5.56 Å². The van der Waals surface area contributed by atoms with E-state index in [1.807, 2.05) is 37.3 Å². The smallest absolute Gasteiger partial charge is 0.410 e. The van der Waals surface area contributed by atoms with Gasteiger partial charge in [-0.15, -0.1) is 0 Å². The Labute approximate surface area is 117 Å². The number of aryl methyl sites for hydroxylation is 1. The maximum Gasteiger partial charge on any atom is 0.419 e. The molecule has 0 radical (unpaired) electrons. The highest BCUT2D eigenvalue weighted by Gasteiger charge is 2.13. The van der Waals surface area contributed by atoms with Gasteiger partial charge in [-0.1, -0.05) is 35.9 Å². The van der Waals surface area contributed by atoms with E-state index in [2.05, 4.69) is 0 Å². The Morgan fingerprint density at radius 2 is 1.84 bits per heavy atom. The van der Waals surface area contributed by atoms with Crippen molar-refractivity contribution in [2.75, 3.05) is 11.9 Å². The average Bonchev–Trinajstić information content (AvgIpc) is 2.42. The van der Waals surface area contributed by atoms with Crippen LogP contribution in [0.5, 0.6) is 5.75 Å². The molecule has 2 rings (SSSR count). The third-order valence-electron chi connectivity index (χ3n) is 2.76. The normalized spacial score (nSPS) is 10.1. The number of carbonyl (C=O) groups excluding carboxylic acids is 1. The first kappa shape index (κ1) is 13.4. The summed E-state index contributed by atoms with van der Waals surface area (Å²) in [5.41, 5.74) is 1.66. The van der Waals surface area contributed by atoms with Crippen molar-refractivity contribution < 1.29 is 9.53 Å². The van der Waals surface area contributed by atoms with Crippen LogP contribution in [0.2, 0.25) is 5.02 Å². The van der Waals surface area contributed by atoms with Crippen molar-refractivity contribution in [2.45, 2.75) is 6.92 Å². The number of benzene rings is 2. The van der Waals surface area contributed by atoms with E-state index in [-0.39, 0.29) is 0 Å². The quantitative estimate of drug-likeness (QED) is 0.818. The average molecular weight is 276 g/mol. The molecule has 0 aliphatic carbocycles. The van der Waals surface area contributed by atoms with Crippen molar-refractivity contribution in [3.8, 4) is 5.75 Å². The third kappa shape index (κ3) is 3.26. The highest BCUT2D eigenvalue weighted by molar-refractivity contribution is 6.31. The van der Waals surface area contributed by atoms with E-state index in [9.17, 15) is 4.79 Å². The molecule has 19 heavy (non-hydrogen) atoms. The fraction of sp³-hybridized carbons (Fsp3) is 0.133. The van der Waals surface area contributed by atoms with Crippen molar-refractivity contribution in [3.05, 3.63) is 59.1 Å². The molecule has 0 aromatic heterocycles. The second-order valence-electron chi connectivity index (χ2n) is 4.17. The summed E-state index contributed by atoms with van der Waals surface area (Å²) in [6, 6.07) is 14.4. The van der Waals surface area contributed by atoms with Crippen molar-refractivity contribution in [2.24, 2.45) is 0 Å². The molecule has 98 valence electrons. The summed E-state index contributed by atoms with van der Waals surface area (Å²) in [6.45, 7) is 1.91. The van der Waals surface area contributed by atoms with E-state index in [4.69, 9.17) is 16.3 Å². The maximum absolute atomic E-state index is 12.0. The first-order valence-corrected chi connectivity index (χ1v) is 6.22. The second kappa shape index (κ2) is 5.76. The number of hydrogen-bond donors (Lipinski definition) is 0. The molecule has 0 saturated carbocycles. The molecule has 0 bridgehead atoms. The first-order chi connectivity index (χ1) is 9.08. The number of halogens is 1. The fourth-order valence-corrected chi connectivity index (χ4v) is 1.73. The highest BCUT2D eigenvalue weighted by Crippen LogP contribution is 2.23. The summed E-state index contributed by atoms with van der Waals surface area (Å²) in [5.74, 6) is 0.512. The van der Waals surface area contributed by atoms with Crippen molar-refractivity contribution in [1.29, 1.82) is 0 Å². The van der Waals surface area contributed by atoms with Gasteiger partial charge in [0.1, 0.15) is 5.75 Å². The van der Waals surface area contributed by atoms with Gasteiger partial charge >= 0.3 is 6.09 Å². The van der Waals surface area contributed by atoms with Crippen LogP contribution in [0.25, 0.3) is 0 Å². The molecule has 1 amide bonds. The zero-order chi connectivity index (χ0) is 13.8. The van der Waals surface area contributed by atoms with Crippen molar-refractivity contribution in [3.63, 3.8) is 0 Å².